The zero-order valence-corrected chi connectivity index (χ0v) is 7.37. The fraction of sp³-hybridized carbons (Fsp3) is 0.222. The maximum Gasteiger partial charge on any atom is 0.409 e. The molecular formula is C9H12N2O2. The lowest BCUT2D eigenvalue weighted by atomic mass is 10.1. The Balaban J connectivity index is 2.89. The Kier molecular flexibility index (Phi) is 2.74. The van der Waals surface area contributed by atoms with E-state index in [9.17, 15) is 4.79 Å². The predicted octanol–water partition coefficient (Wildman–Crippen LogP) is 1.92. The number of carbonyl (C=O) groups is 1. The Labute approximate surface area is 76.4 Å². The molecule has 4 nitrogen and oxygen atoms in total. The number of benzene rings is 1. The quantitative estimate of drug-likeness (QED) is 0.608. The molecule has 0 aliphatic heterocycles. The van der Waals surface area contributed by atoms with Crippen LogP contribution in [0, 0.1) is 0 Å². The number of anilines is 2. The molecule has 0 heterocycles. The van der Waals surface area contributed by atoms with Crippen molar-refractivity contribution in [1.29, 1.82) is 0 Å². The molecule has 0 radical (unpaired) electrons. The highest BCUT2D eigenvalue weighted by molar-refractivity contribution is 5.83. The first-order valence-corrected chi connectivity index (χ1v) is 4.02. The second-order valence-corrected chi connectivity index (χ2v) is 2.70. The van der Waals surface area contributed by atoms with Gasteiger partial charge in [-0.2, -0.15) is 0 Å². The molecule has 0 aliphatic carbocycles. The molecule has 0 unspecified atom stereocenters. The van der Waals surface area contributed by atoms with E-state index in [-0.39, 0.29) is 0 Å². The van der Waals surface area contributed by atoms with Gasteiger partial charge in [-0.25, -0.2) is 4.79 Å². The van der Waals surface area contributed by atoms with E-state index in [1.54, 1.807) is 12.1 Å². The number of hydrogen-bond donors (Lipinski definition) is 3. The van der Waals surface area contributed by atoms with E-state index in [1.165, 1.54) is 0 Å². The molecule has 0 aliphatic rings. The molecule has 4 heteroatoms. The van der Waals surface area contributed by atoms with Crippen LogP contribution in [-0.2, 0) is 6.42 Å². The normalized spacial score (nSPS) is 9.62. The van der Waals surface area contributed by atoms with Crippen LogP contribution in [0.15, 0.2) is 18.2 Å². The second kappa shape index (κ2) is 3.80. The second-order valence-electron chi connectivity index (χ2n) is 2.70. The topological polar surface area (TPSA) is 75.3 Å². The summed E-state index contributed by atoms with van der Waals surface area (Å²) < 4.78 is 0. The van der Waals surface area contributed by atoms with Crippen molar-refractivity contribution in [3.8, 4) is 0 Å². The van der Waals surface area contributed by atoms with Gasteiger partial charge in [0.15, 0.2) is 0 Å². The molecule has 1 aromatic rings. The van der Waals surface area contributed by atoms with Crippen molar-refractivity contribution in [3.05, 3.63) is 23.8 Å². The zero-order chi connectivity index (χ0) is 9.84. The fourth-order valence-electron chi connectivity index (χ4n) is 1.12. The first-order valence-electron chi connectivity index (χ1n) is 4.02. The molecule has 70 valence electrons. The van der Waals surface area contributed by atoms with Gasteiger partial charge in [-0.1, -0.05) is 13.0 Å². The molecule has 13 heavy (non-hydrogen) atoms. The number of aryl methyl sites for hydroxylation is 1. The molecule has 1 aromatic carbocycles. The largest absolute Gasteiger partial charge is 0.465 e. The van der Waals surface area contributed by atoms with Crippen molar-refractivity contribution in [1.82, 2.24) is 0 Å². The van der Waals surface area contributed by atoms with Gasteiger partial charge >= 0.3 is 6.09 Å². The Morgan fingerprint density at radius 3 is 2.77 bits per heavy atom. The van der Waals surface area contributed by atoms with Gasteiger partial charge in [0, 0.05) is 11.4 Å². The number of nitrogen functional groups attached to an aromatic ring is 1. The van der Waals surface area contributed by atoms with E-state index in [1.807, 2.05) is 13.0 Å². The minimum atomic E-state index is -1.08. The van der Waals surface area contributed by atoms with E-state index >= 15 is 0 Å². The third-order valence-corrected chi connectivity index (χ3v) is 1.78. The lowest BCUT2D eigenvalue weighted by Crippen LogP contribution is -2.07. The SMILES string of the molecule is CCc1ccc(NC(=O)O)cc1N. The summed E-state index contributed by atoms with van der Waals surface area (Å²) in [6.07, 6.45) is -0.234. The third kappa shape index (κ3) is 2.37. The highest BCUT2D eigenvalue weighted by atomic mass is 16.4. The van der Waals surface area contributed by atoms with E-state index in [0.29, 0.717) is 11.4 Å². The lowest BCUT2D eigenvalue weighted by Gasteiger charge is -2.05. The Morgan fingerprint density at radius 2 is 2.31 bits per heavy atom. The Bertz CT molecular complexity index is 323. The Morgan fingerprint density at radius 1 is 1.62 bits per heavy atom. The summed E-state index contributed by atoms with van der Waals surface area (Å²) in [5, 5.41) is 10.7. The molecule has 0 saturated heterocycles. The van der Waals surface area contributed by atoms with Gasteiger partial charge in [0.25, 0.3) is 0 Å². The van der Waals surface area contributed by atoms with E-state index < -0.39 is 6.09 Å². The number of hydrogen-bond acceptors (Lipinski definition) is 2. The standard InChI is InChI=1S/C9H12N2O2/c1-2-6-3-4-7(5-8(6)10)11-9(12)13/h3-5,11H,2,10H2,1H3,(H,12,13). The first kappa shape index (κ1) is 9.38. The summed E-state index contributed by atoms with van der Waals surface area (Å²) >= 11 is 0. The van der Waals surface area contributed by atoms with Crippen molar-refractivity contribution in [2.24, 2.45) is 0 Å². The van der Waals surface area contributed by atoms with Gasteiger partial charge in [-0.05, 0) is 24.1 Å². The summed E-state index contributed by atoms with van der Waals surface area (Å²) in [6.45, 7) is 2.00. The average Bonchev–Trinajstić information content (AvgIpc) is 2.03. The number of nitrogens with two attached hydrogens (primary N) is 1. The molecular weight excluding hydrogens is 168 g/mol. The van der Waals surface area contributed by atoms with E-state index in [2.05, 4.69) is 5.32 Å². The number of rotatable bonds is 2. The summed E-state index contributed by atoms with van der Waals surface area (Å²) in [4.78, 5) is 10.3. The van der Waals surface area contributed by atoms with Crippen LogP contribution >= 0.6 is 0 Å². The summed E-state index contributed by atoms with van der Waals surface area (Å²) in [7, 11) is 0. The van der Waals surface area contributed by atoms with E-state index in [0.717, 1.165) is 12.0 Å². The maximum atomic E-state index is 10.3. The van der Waals surface area contributed by atoms with Crippen LogP contribution in [0.2, 0.25) is 0 Å². The third-order valence-electron chi connectivity index (χ3n) is 1.78. The molecule has 4 N–H and O–H groups in total. The number of amides is 1. The number of nitrogens with one attached hydrogen (secondary N) is 1. The summed E-state index contributed by atoms with van der Waals surface area (Å²) in [5.74, 6) is 0. The summed E-state index contributed by atoms with van der Waals surface area (Å²) in [5.41, 5.74) is 7.82. The van der Waals surface area contributed by atoms with Crippen LogP contribution in [-0.4, -0.2) is 11.2 Å². The predicted molar refractivity (Wildman–Crippen MR) is 51.9 cm³/mol. The van der Waals surface area contributed by atoms with Gasteiger partial charge in [-0.3, -0.25) is 5.32 Å². The van der Waals surface area contributed by atoms with Crippen LogP contribution in [0.5, 0.6) is 0 Å². The highest BCUT2D eigenvalue weighted by Crippen LogP contribution is 2.18. The zero-order valence-electron chi connectivity index (χ0n) is 7.37. The van der Waals surface area contributed by atoms with Crippen LogP contribution < -0.4 is 11.1 Å². The van der Waals surface area contributed by atoms with Crippen LogP contribution in [0.4, 0.5) is 16.2 Å². The van der Waals surface area contributed by atoms with Crippen molar-refractivity contribution in [2.75, 3.05) is 11.1 Å². The van der Waals surface area contributed by atoms with Crippen LogP contribution in [0.1, 0.15) is 12.5 Å². The molecule has 1 amide bonds. The minimum Gasteiger partial charge on any atom is -0.465 e. The average molecular weight is 180 g/mol. The van der Waals surface area contributed by atoms with Crippen molar-refractivity contribution in [3.63, 3.8) is 0 Å². The first-order chi connectivity index (χ1) is 6.13. The van der Waals surface area contributed by atoms with Gasteiger partial charge in [0.2, 0.25) is 0 Å². The lowest BCUT2D eigenvalue weighted by molar-refractivity contribution is 0.210. The van der Waals surface area contributed by atoms with Gasteiger partial charge in [0.05, 0.1) is 0 Å². The van der Waals surface area contributed by atoms with Crippen molar-refractivity contribution >= 4 is 17.5 Å². The molecule has 0 aromatic heterocycles. The fourth-order valence-corrected chi connectivity index (χ4v) is 1.12. The molecule has 0 atom stereocenters. The molecule has 1 rings (SSSR count). The smallest absolute Gasteiger partial charge is 0.409 e. The molecule has 0 saturated carbocycles. The van der Waals surface area contributed by atoms with Gasteiger partial charge in [0.1, 0.15) is 0 Å². The molecule has 0 spiro atoms. The van der Waals surface area contributed by atoms with Crippen molar-refractivity contribution in [2.45, 2.75) is 13.3 Å². The number of carboxylic acid groups (broad SMARTS) is 1. The van der Waals surface area contributed by atoms with E-state index in [4.69, 9.17) is 10.8 Å². The summed E-state index contributed by atoms with van der Waals surface area (Å²) in [6, 6.07) is 5.14. The van der Waals surface area contributed by atoms with Gasteiger partial charge < -0.3 is 10.8 Å². The maximum absolute atomic E-state index is 10.3. The minimum absolute atomic E-state index is 0.502. The molecule has 0 fully saturated rings. The Hall–Kier alpha value is -1.71. The van der Waals surface area contributed by atoms with Crippen LogP contribution in [0.25, 0.3) is 0 Å². The molecule has 0 bridgehead atoms. The monoisotopic (exact) mass is 180 g/mol. The van der Waals surface area contributed by atoms with Gasteiger partial charge in [-0.15, -0.1) is 0 Å². The van der Waals surface area contributed by atoms with Crippen LogP contribution in [0.3, 0.4) is 0 Å². The van der Waals surface area contributed by atoms with Crippen molar-refractivity contribution < 1.29 is 9.90 Å². The highest BCUT2D eigenvalue weighted by Gasteiger charge is 2.00.